The van der Waals surface area contributed by atoms with Crippen molar-refractivity contribution in [1.29, 1.82) is 0 Å². The van der Waals surface area contributed by atoms with E-state index in [1.165, 1.54) is 11.3 Å². The zero-order valence-corrected chi connectivity index (χ0v) is 13.0. The van der Waals surface area contributed by atoms with Gasteiger partial charge < -0.3 is 15.4 Å². The molecular formula is C16H18N2O2S. The van der Waals surface area contributed by atoms with Gasteiger partial charge in [-0.2, -0.15) is 0 Å². The normalized spacial score (nSPS) is 10.3. The average molecular weight is 302 g/mol. The van der Waals surface area contributed by atoms with Crippen LogP contribution < -0.4 is 10.5 Å². The quantitative estimate of drug-likeness (QED) is 0.864. The smallest absolute Gasteiger partial charge is 0.266 e. The first-order valence-corrected chi connectivity index (χ1v) is 7.52. The molecule has 21 heavy (non-hydrogen) atoms. The van der Waals surface area contributed by atoms with Crippen LogP contribution in [0.3, 0.4) is 0 Å². The van der Waals surface area contributed by atoms with Gasteiger partial charge in [-0.25, -0.2) is 0 Å². The molecule has 0 radical (unpaired) electrons. The van der Waals surface area contributed by atoms with E-state index in [1.54, 1.807) is 12.0 Å². The van der Waals surface area contributed by atoms with Crippen molar-refractivity contribution in [2.75, 3.05) is 25.9 Å². The van der Waals surface area contributed by atoms with Crippen LogP contribution >= 0.6 is 11.3 Å². The molecule has 0 aliphatic heterocycles. The maximum Gasteiger partial charge on any atom is 0.266 e. The second kappa shape index (κ2) is 6.51. The fraction of sp³-hybridized carbons (Fsp3) is 0.312. The van der Waals surface area contributed by atoms with Crippen LogP contribution in [0.2, 0.25) is 0 Å². The number of hydrogen-bond acceptors (Lipinski definition) is 4. The molecule has 4 nitrogen and oxygen atoms in total. The molecule has 0 aliphatic carbocycles. The van der Waals surface area contributed by atoms with E-state index in [9.17, 15) is 4.79 Å². The zero-order chi connectivity index (χ0) is 15.4. The number of hydrogen-bond donors (Lipinski definition) is 1. The van der Waals surface area contributed by atoms with Crippen molar-refractivity contribution >= 4 is 33.0 Å². The summed E-state index contributed by atoms with van der Waals surface area (Å²) in [5.41, 5.74) is 6.65. The van der Waals surface area contributed by atoms with Gasteiger partial charge in [0.15, 0.2) is 0 Å². The summed E-state index contributed by atoms with van der Waals surface area (Å²) in [7, 11) is 1.61. The van der Waals surface area contributed by atoms with Gasteiger partial charge >= 0.3 is 0 Å². The van der Waals surface area contributed by atoms with E-state index in [-0.39, 0.29) is 5.91 Å². The highest BCUT2D eigenvalue weighted by molar-refractivity contribution is 7.21. The molecule has 0 unspecified atom stereocenters. The number of methoxy groups -OCH3 is 1. The summed E-state index contributed by atoms with van der Waals surface area (Å²) in [5, 5.41) is 0.876. The van der Waals surface area contributed by atoms with Crippen LogP contribution in [-0.4, -0.2) is 31.0 Å². The number of nitrogens with two attached hydrogens (primary N) is 1. The van der Waals surface area contributed by atoms with Crippen molar-refractivity contribution < 1.29 is 9.53 Å². The summed E-state index contributed by atoms with van der Waals surface area (Å²) < 4.78 is 6.14. The maximum atomic E-state index is 12.6. The van der Waals surface area contributed by atoms with Gasteiger partial charge in [-0.15, -0.1) is 17.8 Å². The van der Waals surface area contributed by atoms with Crippen LogP contribution in [0, 0.1) is 12.3 Å². The number of thiophene rings is 1. The fourth-order valence-electron chi connectivity index (χ4n) is 2.16. The van der Waals surface area contributed by atoms with E-state index in [0.29, 0.717) is 23.7 Å². The Bertz CT molecular complexity index is 700. The number of amides is 1. The minimum atomic E-state index is -0.104. The van der Waals surface area contributed by atoms with Crippen LogP contribution in [0.1, 0.15) is 23.0 Å². The molecule has 1 amide bonds. The number of rotatable bonds is 5. The number of fused-ring (bicyclic) bond motifs is 1. The van der Waals surface area contributed by atoms with Gasteiger partial charge in [0.2, 0.25) is 0 Å². The lowest BCUT2D eigenvalue weighted by Crippen LogP contribution is -2.32. The third-order valence-electron chi connectivity index (χ3n) is 3.19. The molecule has 2 N–H and O–H groups in total. The fourth-order valence-corrected chi connectivity index (χ4v) is 3.28. The van der Waals surface area contributed by atoms with Crippen molar-refractivity contribution in [3.63, 3.8) is 0 Å². The topological polar surface area (TPSA) is 55.6 Å². The zero-order valence-electron chi connectivity index (χ0n) is 12.2. The lowest BCUT2D eigenvalue weighted by Gasteiger charge is -2.18. The first-order valence-electron chi connectivity index (χ1n) is 6.71. The Labute approximate surface area is 128 Å². The molecule has 0 bridgehead atoms. The second-order valence-electron chi connectivity index (χ2n) is 4.64. The van der Waals surface area contributed by atoms with Gasteiger partial charge in [0, 0.05) is 16.6 Å². The summed E-state index contributed by atoms with van der Waals surface area (Å²) in [6, 6.07) is 5.60. The van der Waals surface area contributed by atoms with Crippen LogP contribution in [-0.2, 0) is 0 Å². The Morgan fingerprint density at radius 2 is 2.29 bits per heavy atom. The van der Waals surface area contributed by atoms with Crippen LogP contribution in [0.5, 0.6) is 5.75 Å². The van der Waals surface area contributed by atoms with Crippen LogP contribution in [0.4, 0.5) is 5.69 Å². The Kier molecular flexibility index (Phi) is 4.71. The number of carbonyl (C=O) groups is 1. The van der Waals surface area contributed by atoms with E-state index in [1.807, 2.05) is 25.1 Å². The lowest BCUT2D eigenvalue weighted by atomic mass is 10.2. The molecule has 0 spiro atoms. The summed E-state index contributed by atoms with van der Waals surface area (Å²) in [4.78, 5) is 14.8. The highest BCUT2D eigenvalue weighted by Crippen LogP contribution is 2.36. The summed E-state index contributed by atoms with van der Waals surface area (Å²) in [6.07, 6.45) is 6.19. The van der Waals surface area contributed by atoms with Gasteiger partial charge in [-0.1, -0.05) is 12.8 Å². The van der Waals surface area contributed by atoms with E-state index < -0.39 is 0 Å². The van der Waals surface area contributed by atoms with E-state index in [2.05, 4.69) is 5.92 Å². The first-order chi connectivity index (χ1) is 10.1. The number of ether oxygens (including phenoxy) is 1. The highest BCUT2D eigenvalue weighted by atomic mass is 32.1. The molecule has 0 saturated heterocycles. The van der Waals surface area contributed by atoms with Gasteiger partial charge in [0.25, 0.3) is 5.91 Å². The van der Waals surface area contributed by atoms with Gasteiger partial charge in [-0.3, -0.25) is 4.79 Å². The van der Waals surface area contributed by atoms with Crippen LogP contribution in [0.25, 0.3) is 10.1 Å². The standard InChI is InChI=1S/C16H18N2O2S/c1-4-8-18(9-5-2)16(19)15-14(17)12-7-6-11(20-3)10-13(12)21-15/h1,6-7,10H,5,8-9,17H2,2-3H3. The molecule has 2 rings (SSSR count). The number of nitrogen functional groups attached to an aromatic ring is 1. The molecule has 1 heterocycles. The maximum absolute atomic E-state index is 12.6. The van der Waals surface area contributed by atoms with Gasteiger partial charge in [0.05, 0.1) is 19.3 Å². The molecule has 1 aromatic heterocycles. The van der Waals surface area contributed by atoms with E-state index >= 15 is 0 Å². The SMILES string of the molecule is C#CCN(CCC)C(=O)c1sc2cc(OC)ccc2c1N. The predicted octanol–water partition coefficient (Wildman–Crippen LogP) is 2.98. The predicted molar refractivity (Wildman–Crippen MR) is 87.8 cm³/mol. The van der Waals surface area contributed by atoms with Crippen molar-refractivity contribution in [3.8, 4) is 18.1 Å². The third kappa shape index (κ3) is 2.96. The third-order valence-corrected chi connectivity index (χ3v) is 4.35. The van der Waals surface area contributed by atoms with Crippen molar-refractivity contribution in [1.82, 2.24) is 4.90 Å². The Morgan fingerprint density at radius 1 is 1.52 bits per heavy atom. The van der Waals surface area contributed by atoms with Crippen molar-refractivity contribution in [2.24, 2.45) is 0 Å². The minimum absolute atomic E-state index is 0.104. The lowest BCUT2D eigenvalue weighted by molar-refractivity contribution is 0.0782. The van der Waals surface area contributed by atoms with Crippen molar-refractivity contribution in [3.05, 3.63) is 23.1 Å². The molecule has 5 heteroatoms. The summed E-state index contributed by atoms with van der Waals surface area (Å²) in [5.74, 6) is 3.17. The highest BCUT2D eigenvalue weighted by Gasteiger charge is 2.21. The Morgan fingerprint density at radius 3 is 2.90 bits per heavy atom. The van der Waals surface area contributed by atoms with Crippen LogP contribution in [0.15, 0.2) is 18.2 Å². The Hall–Kier alpha value is -2.19. The second-order valence-corrected chi connectivity index (χ2v) is 5.69. The minimum Gasteiger partial charge on any atom is -0.497 e. The number of carbonyl (C=O) groups excluding carboxylic acids is 1. The number of benzene rings is 1. The Balaban J connectivity index is 2.43. The molecule has 0 aliphatic rings. The molecule has 2 aromatic rings. The average Bonchev–Trinajstić information content (AvgIpc) is 2.82. The number of terminal acetylenes is 1. The summed E-state index contributed by atoms with van der Waals surface area (Å²) in [6.45, 7) is 2.93. The first kappa shape index (κ1) is 15.2. The number of nitrogens with zero attached hydrogens (tertiary/aromatic N) is 1. The van der Waals surface area contributed by atoms with Crippen molar-refractivity contribution in [2.45, 2.75) is 13.3 Å². The molecule has 110 valence electrons. The molecule has 1 aromatic carbocycles. The summed E-state index contributed by atoms with van der Waals surface area (Å²) >= 11 is 1.38. The van der Waals surface area contributed by atoms with Gasteiger partial charge in [-0.05, 0) is 24.6 Å². The number of anilines is 1. The monoisotopic (exact) mass is 302 g/mol. The molecular weight excluding hydrogens is 284 g/mol. The molecule has 0 fully saturated rings. The molecule has 0 saturated carbocycles. The van der Waals surface area contributed by atoms with Gasteiger partial charge in [0.1, 0.15) is 10.6 Å². The molecule has 0 atom stereocenters. The largest absolute Gasteiger partial charge is 0.497 e. The van der Waals surface area contributed by atoms with E-state index in [0.717, 1.165) is 22.3 Å². The van der Waals surface area contributed by atoms with E-state index in [4.69, 9.17) is 16.9 Å².